The average Bonchev–Trinajstić information content (AvgIpc) is 3.50. The van der Waals surface area contributed by atoms with Crippen LogP contribution in [0, 0.1) is 0 Å². The summed E-state index contributed by atoms with van der Waals surface area (Å²) in [5, 5.41) is 3.71. The molecule has 7 nitrogen and oxygen atoms in total. The van der Waals surface area contributed by atoms with Crippen LogP contribution in [0.2, 0.25) is 0 Å². The quantitative estimate of drug-likeness (QED) is 0.361. The first kappa shape index (κ1) is 23.4. The minimum Gasteiger partial charge on any atom is -0.469 e. The predicted molar refractivity (Wildman–Crippen MR) is 129 cm³/mol. The molecule has 2 aliphatic heterocycles. The third-order valence-corrected chi connectivity index (χ3v) is 6.58. The van der Waals surface area contributed by atoms with E-state index in [0.717, 1.165) is 63.7 Å². The summed E-state index contributed by atoms with van der Waals surface area (Å²) in [6.07, 6.45) is 9.71. The van der Waals surface area contributed by atoms with Crippen molar-refractivity contribution in [1.82, 2.24) is 20.0 Å². The summed E-state index contributed by atoms with van der Waals surface area (Å²) in [5.74, 6) is 2.29. The minimum absolute atomic E-state index is 0. The number of carbonyl (C=O) groups excluding carboxylic acids is 1. The summed E-state index contributed by atoms with van der Waals surface area (Å²) in [7, 11) is 2.07. The van der Waals surface area contributed by atoms with Crippen LogP contribution in [0.5, 0.6) is 0 Å². The molecule has 1 saturated carbocycles. The van der Waals surface area contributed by atoms with Crippen molar-refractivity contribution in [2.24, 2.45) is 4.99 Å². The molecule has 4 rings (SSSR count). The molecule has 0 bridgehead atoms. The fourth-order valence-electron chi connectivity index (χ4n) is 4.79. The Morgan fingerprint density at radius 1 is 1.10 bits per heavy atom. The topological polar surface area (TPSA) is 64.3 Å². The molecule has 2 saturated heterocycles. The molecule has 1 aromatic heterocycles. The van der Waals surface area contributed by atoms with Crippen LogP contribution in [-0.2, 0) is 11.2 Å². The number of hydrogen-bond donors (Lipinski definition) is 1. The molecular weight excluding hydrogens is 493 g/mol. The number of piperazine rings is 1. The van der Waals surface area contributed by atoms with Crippen molar-refractivity contribution < 1.29 is 9.21 Å². The smallest absolute Gasteiger partial charge is 0.240 e. The first-order chi connectivity index (χ1) is 14.2. The van der Waals surface area contributed by atoms with E-state index < -0.39 is 0 Å². The lowest BCUT2D eigenvalue weighted by Gasteiger charge is -2.38. The second-order valence-corrected chi connectivity index (χ2v) is 8.61. The molecule has 1 unspecified atom stereocenters. The highest BCUT2D eigenvalue weighted by atomic mass is 127. The Hall–Kier alpha value is -1.29. The summed E-state index contributed by atoms with van der Waals surface area (Å²) in [6, 6.07) is 4.54. The molecule has 168 valence electrons. The fourth-order valence-corrected chi connectivity index (χ4v) is 4.79. The van der Waals surface area contributed by atoms with Gasteiger partial charge in [0.2, 0.25) is 5.91 Å². The molecular formula is C22H36IN5O2. The number of nitrogens with zero attached hydrogens (tertiary/aromatic N) is 4. The number of halogens is 1. The van der Waals surface area contributed by atoms with Gasteiger partial charge in [0, 0.05) is 45.2 Å². The lowest BCUT2D eigenvalue weighted by molar-refractivity contribution is -0.136. The molecule has 0 radical (unpaired) electrons. The molecule has 0 spiro atoms. The Balaban J connectivity index is 0.00000256. The number of likely N-dealkylation sites (tertiary alicyclic amines) is 1. The molecule has 3 fully saturated rings. The van der Waals surface area contributed by atoms with Crippen molar-refractivity contribution in [3.05, 3.63) is 24.2 Å². The first-order valence-electron chi connectivity index (χ1n) is 11.3. The summed E-state index contributed by atoms with van der Waals surface area (Å²) in [5.41, 5.74) is 0. The van der Waals surface area contributed by atoms with Gasteiger partial charge in [0.25, 0.3) is 0 Å². The van der Waals surface area contributed by atoms with Gasteiger partial charge in [0.15, 0.2) is 5.96 Å². The zero-order chi connectivity index (χ0) is 20.1. The largest absolute Gasteiger partial charge is 0.469 e. The number of nitrogens with one attached hydrogen (secondary N) is 1. The van der Waals surface area contributed by atoms with E-state index in [1.807, 2.05) is 12.1 Å². The van der Waals surface area contributed by atoms with E-state index in [4.69, 9.17) is 9.41 Å². The first-order valence-corrected chi connectivity index (χ1v) is 11.3. The van der Waals surface area contributed by atoms with E-state index in [-0.39, 0.29) is 30.0 Å². The zero-order valence-electron chi connectivity index (χ0n) is 18.1. The molecule has 30 heavy (non-hydrogen) atoms. The number of likely N-dealkylation sites (N-methyl/N-ethyl adjacent to an activating group) is 1. The third kappa shape index (κ3) is 5.90. The Morgan fingerprint density at radius 3 is 2.47 bits per heavy atom. The lowest BCUT2D eigenvalue weighted by atomic mass is 10.1. The number of amides is 1. The van der Waals surface area contributed by atoms with Crippen LogP contribution in [0.4, 0.5) is 0 Å². The SMILES string of the molecule is CN1CCCC1C(=O)N1CCN(C(=NCCc2ccco2)NC2CCCC2)CC1.I. The number of guanidine groups is 1. The summed E-state index contributed by atoms with van der Waals surface area (Å²) < 4.78 is 5.44. The van der Waals surface area contributed by atoms with Gasteiger partial charge in [-0.05, 0) is 51.4 Å². The molecule has 8 heteroatoms. The second kappa shape index (κ2) is 11.4. The van der Waals surface area contributed by atoms with Crippen LogP contribution in [0.3, 0.4) is 0 Å². The summed E-state index contributed by atoms with van der Waals surface area (Å²) >= 11 is 0. The maximum atomic E-state index is 12.9. The van der Waals surface area contributed by atoms with Crippen molar-refractivity contribution in [2.45, 2.75) is 57.0 Å². The van der Waals surface area contributed by atoms with E-state index in [1.54, 1.807) is 6.26 Å². The number of aliphatic imine (C=N–C) groups is 1. The van der Waals surface area contributed by atoms with Crippen LogP contribution in [0.25, 0.3) is 0 Å². The third-order valence-electron chi connectivity index (χ3n) is 6.58. The highest BCUT2D eigenvalue weighted by Gasteiger charge is 2.33. The summed E-state index contributed by atoms with van der Waals surface area (Å²) in [6.45, 7) is 5.02. The maximum Gasteiger partial charge on any atom is 0.240 e. The number of hydrogen-bond acceptors (Lipinski definition) is 4. The number of rotatable bonds is 5. The Labute approximate surface area is 197 Å². The highest BCUT2D eigenvalue weighted by Crippen LogP contribution is 2.20. The van der Waals surface area contributed by atoms with Gasteiger partial charge in [-0.15, -0.1) is 24.0 Å². The van der Waals surface area contributed by atoms with Gasteiger partial charge >= 0.3 is 0 Å². The van der Waals surface area contributed by atoms with Crippen molar-refractivity contribution in [2.75, 3.05) is 46.3 Å². The normalized spacial score (nSPS) is 23.6. The average molecular weight is 529 g/mol. The van der Waals surface area contributed by atoms with Gasteiger partial charge in [-0.3, -0.25) is 14.7 Å². The van der Waals surface area contributed by atoms with Crippen molar-refractivity contribution in [1.29, 1.82) is 0 Å². The van der Waals surface area contributed by atoms with Gasteiger partial charge in [-0.1, -0.05) is 12.8 Å². The van der Waals surface area contributed by atoms with E-state index in [2.05, 4.69) is 27.1 Å². The van der Waals surface area contributed by atoms with Crippen LogP contribution in [0.15, 0.2) is 27.8 Å². The summed E-state index contributed by atoms with van der Waals surface area (Å²) in [4.78, 5) is 24.4. The van der Waals surface area contributed by atoms with E-state index in [1.165, 1.54) is 25.7 Å². The fraction of sp³-hybridized carbons (Fsp3) is 0.727. The van der Waals surface area contributed by atoms with Crippen LogP contribution < -0.4 is 5.32 Å². The molecule has 1 aromatic rings. The van der Waals surface area contributed by atoms with Gasteiger partial charge in [-0.2, -0.15) is 0 Å². The van der Waals surface area contributed by atoms with Gasteiger partial charge in [0.05, 0.1) is 12.3 Å². The number of carbonyl (C=O) groups is 1. The zero-order valence-corrected chi connectivity index (χ0v) is 20.4. The van der Waals surface area contributed by atoms with Crippen LogP contribution in [-0.4, -0.2) is 85.0 Å². The monoisotopic (exact) mass is 529 g/mol. The van der Waals surface area contributed by atoms with E-state index in [9.17, 15) is 4.79 Å². The van der Waals surface area contributed by atoms with Gasteiger partial charge in [0.1, 0.15) is 5.76 Å². The molecule has 1 amide bonds. The minimum atomic E-state index is 0. The van der Waals surface area contributed by atoms with Crippen molar-refractivity contribution >= 4 is 35.8 Å². The molecule has 1 N–H and O–H groups in total. The molecule has 0 aromatic carbocycles. The van der Waals surface area contributed by atoms with E-state index >= 15 is 0 Å². The molecule has 1 atom stereocenters. The van der Waals surface area contributed by atoms with Crippen molar-refractivity contribution in [3.8, 4) is 0 Å². The standard InChI is InChI=1S/C22H35N5O2.HI/c1-25-12-4-9-20(25)21(28)26-13-15-27(16-14-26)22(24-18-6-2-3-7-18)23-11-10-19-8-5-17-29-19;/h5,8,17-18,20H,2-4,6-7,9-16H2,1H3,(H,23,24);1H. The van der Waals surface area contributed by atoms with Crippen LogP contribution >= 0.6 is 24.0 Å². The lowest BCUT2D eigenvalue weighted by Crippen LogP contribution is -2.57. The Kier molecular flexibility index (Phi) is 8.85. The maximum absolute atomic E-state index is 12.9. The van der Waals surface area contributed by atoms with E-state index in [0.29, 0.717) is 18.5 Å². The van der Waals surface area contributed by atoms with Gasteiger partial charge in [-0.25, -0.2) is 0 Å². The Bertz CT molecular complexity index is 682. The molecule has 3 aliphatic rings. The molecule has 1 aliphatic carbocycles. The van der Waals surface area contributed by atoms with Gasteiger partial charge < -0.3 is 19.5 Å². The highest BCUT2D eigenvalue weighted by molar-refractivity contribution is 14.0. The number of furan rings is 1. The second-order valence-electron chi connectivity index (χ2n) is 8.61. The predicted octanol–water partition coefficient (Wildman–Crippen LogP) is 2.57. The van der Waals surface area contributed by atoms with Crippen molar-refractivity contribution in [3.63, 3.8) is 0 Å². The molecule has 3 heterocycles. The van der Waals surface area contributed by atoms with Crippen LogP contribution in [0.1, 0.15) is 44.3 Å². The Morgan fingerprint density at radius 2 is 1.83 bits per heavy atom.